The first-order valence-corrected chi connectivity index (χ1v) is 8.68. The van der Waals surface area contributed by atoms with Crippen LogP contribution in [0.3, 0.4) is 0 Å². The highest BCUT2D eigenvalue weighted by molar-refractivity contribution is 5.92. The van der Waals surface area contributed by atoms with Gasteiger partial charge in [-0.1, -0.05) is 0 Å². The van der Waals surface area contributed by atoms with Gasteiger partial charge in [0, 0.05) is 37.3 Å². The number of methoxy groups -OCH3 is 1. The van der Waals surface area contributed by atoms with Crippen LogP contribution in [0.15, 0.2) is 66.9 Å². The molecular weight excluding hydrogens is 361 g/mol. The number of rotatable bonds is 8. The van der Waals surface area contributed by atoms with Crippen LogP contribution >= 0.6 is 0 Å². The lowest BCUT2D eigenvalue weighted by Gasteiger charge is -2.10. The molecule has 0 aliphatic carbocycles. The molecule has 1 heterocycles. The molecule has 7 heteroatoms. The molecule has 0 unspecified atom stereocenters. The van der Waals surface area contributed by atoms with E-state index in [2.05, 4.69) is 15.6 Å². The number of carbonyl (C=O) groups excluding carboxylic acids is 1. The second-order valence-electron chi connectivity index (χ2n) is 5.88. The van der Waals surface area contributed by atoms with Crippen LogP contribution in [-0.2, 0) is 4.74 Å². The monoisotopic (exact) mass is 381 g/mol. The molecule has 28 heavy (non-hydrogen) atoms. The molecule has 0 saturated heterocycles. The molecule has 1 amide bonds. The zero-order chi connectivity index (χ0) is 19.8. The SMILES string of the molecule is COCCNC(=O)c1cc(Oc2ccc(Nc3ccc(F)cc3)cc2)ccn1. The average molecular weight is 381 g/mol. The maximum atomic E-state index is 13.0. The zero-order valence-electron chi connectivity index (χ0n) is 15.3. The van der Waals surface area contributed by atoms with Crippen molar-refractivity contribution < 1.29 is 18.7 Å². The Morgan fingerprint density at radius 1 is 1.00 bits per heavy atom. The van der Waals surface area contributed by atoms with Crippen LogP contribution in [0.5, 0.6) is 11.5 Å². The van der Waals surface area contributed by atoms with E-state index in [4.69, 9.17) is 9.47 Å². The first kappa shape index (κ1) is 19.3. The van der Waals surface area contributed by atoms with Gasteiger partial charge in [-0.3, -0.25) is 9.78 Å². The molecule has 2 N–H and O–H groups in total. The van der Waals surface area contributed by atoms with Crippen molar-refractivity contribution in [2.75, 3.05) is 25.6 Å². The lowest BCUT2D eigenvalue weighted by Crippen LogP contribution is -2.27. The van der Waals surface area contributed by atoms with Crippen molar-refractivity contribution in [2.45, 2.75) is 0 Å². The van der Waals surface area contributed by atoms with Crippen LogP contribution in [0.25, 0.3) is 0 Å². The van der Waals surface area contributed by atoms with Crippen LogP contribution in [0.4, 0.5) is 15.8 Å². The Labute approximate surface area is 162 Å². The van der Waals surface area contributed by atoms with Gasteiger partial charge < -0.3 is 20.1 Å². The highest BCUT2D eigenvalue weighted by atomic mass is 19.1. The number of halogens is 1. The van der Waals surface area contributed by atoms with Crippen molar-refractivity contribution in [3.8, 4) is 11.5 Å². The lowest BCUT2D eigenvalue weighted by molar-refractivity contribution is 0.0932. The average Bonchev–Trinajstić information content (AvgIpc) is 2.71. The van der Waals surface area contributed by atoms with Gasteiger partial charge in [0.1, 0.15) is 23.0 Å². The summed E-state index contributed by atoms with van der Waals surface area (Å²) in [6.07, 6.45) is 1.52. The molecule has 6 nitrogen and oxygen atoms in total. The summed E-state index contributed by atoms with van der Waals surface area (Å²) in [5.74, 6) is 0.549. The molecule has 0 radical (unpaired) electrons. The van der Waals surface area contributed by atoms with Crippen molar-refractivity contribution in [3.63, 3.8) is 0 Å². The van der Waals surface area contributed by atoms with Crippen LogP contribution < -0.4 is 15.4 Å². The summed E-state index contributed by atoms with van der Waals surface area (Å²) in [5.41, 5.74) is 1.89. The van der Waals surface area contributed by atoms with Crippen LogP contribution in [0, 0.1) is 5.82 Å². The van der Waals surface area contributed by atoms with E-state index in [0.29, 0.717) is 24.7 Å². The second-order valence-corrected chi connectivity index (χ2v) is 5.88. The van der Waals surface area contributed by atoms with E-state index in [1.54, 1.807) is 43.5 Å². The van der Waals surface area contributed by atoms with E-state index < -0.39 is 0 Å². The minimum atomic E-state index is -0.290. The zero-order valence-corrected chi connectivity index (χ0v) is 15.3. The predicted molar refractivity (Wildman–Crippen MR) is 105 cm³/mol. The molecule has 0 saturated carbocycles. The van der Waals surface area contributed by atoms with E-state index in [1.807, 2.05) is 12.1 Å². The van der Waals surface area contributed by atoms with Gasteiger partial charge in [-0.2, -0.15) is 0 Å². The largest absolute Gasteiger partial charge is 0.457 e. The molecule has 0 aliphatic heterocycles. The van der Waals surface area contributed by atoms with Crippen molar-refractivity contribution in [3.05, 3.63) is 78.4 Å². The fourth-order valence-corrected chi connectivity index (χ4v) is 2.40. The minimum Gasteiger partial charge on any atom is -0.457 e. The number of ether oxygens (including phenoxy) is 2. The Hall–Kier alpha value is -3.45. The van der Waals surface area contributed by atoms with Crippen molar-refractivity contribution in [2.24, 2.45) is 0 Å². The molecule has 3 aromatic rings. The van der Waals surface area contributed by atoms with Crippen LogP contribution in [0.2, 0.25) is 0 Å². The van der Waals surface area contributed by atoms with Gasteiger partial charge in [-0.05, 0) is 54.6 Å². The first-order chi connectivity index (χ1) is 13.6. The van der Waals surface area contributed by atoms with E-state index in [9.17, 15) is 9.18 Å². The Kier molecular flexibility index (Phi) is 6.54. The molecule has 0 atom stereocenters. The molecule has 2 aromatic carbocycles. The molecular formula is C21H20FN3O3. The third-order valence-corrected chi connectivity index (χ3v) is 3.78. The van der Waals surface area contributed by atoms with Gasteiger partial charge in [0.25, 0.3) is 5.91 Å². The van der Waals surface area contributed by atoms with Gasteiger partial charge >= 0.3 is 0 Å². The molecule has 0 spiro atoms. The fourth-order valence-electron chi connectivity index (χ4n) is 2.40. The summed E-state index contributed by atoms with van der Waals surface area (Å²) in [5, 5.41) is 5.89. The molecule has 1 aromatic heterocycles. The topological polar surface area (TPSA) is 72.5 Å². The number of benzene rings is 2. The number of aromatic nitrogens is 1. The Morgan fingerprint density at radius 2 is 1.68 bits per heavy atom. The first-order valence-electron chi connectivity index (χ1n) is 8.68. The molecule has 0 fully saturated rings. The summed E-state index contributed by atoms with van der Waals surface area (Å²) in [4.78, 5) is 16.1. The minimum absolute atomic E-state index is 0.267. The van der Waals surface area contributed by atoms with Gasteiger partial charge in [0.2, 0.25) is 0 Å². The molecule has 0 bridgehead atoms. The normalized spacial score (nSPS) is 10.4. The van der Waals surface area contributed by atoms with Crippen LogP contribution in [-0.4, -0.2) is 31.2 Å². The number of carbonyl (C=O) groups is 1. The number of anilines is 2. The smallest absolute Gasteiger partial charge is 0.270 e. The third kappa shape index (κ3) is 5.52. The van der Waals surface area contributed by atoms with Gasteiger partial charge in [0.05, 0.1) is 6.61 Å². The van der Waals surface area contributed by atoms with Crippen molar-refractivity contribution in [1.29, 1.82) is 0 Å². The highest BCUT2D eigenvalue weighted by Crippen LogP contribution is 2.24. The van der Waals surface area contributed by atoms with Crippen molar-refractivity contribution in [1.82, 2.24) is 10.3 Å². The summed E-state index contributed by atoms with van der Waals surface area (Å²) in [7, 11) is 1.57. The number of pyridine rings is 1. The second kappa shape index (κ2) is 9.48. The maximum Gasteiger partial charge on any atom is 0.270 e. The predicted octanol–water partition coefficient (Wildman–Crippen LogP) is 4.13. The Bertz CT molecular complexity index is 915. The summed E-state index contributed by atoms with van der Waals surface area (Å²) in [6.45, 7) is 0.838. The molecule has 3 rings (SSSR count). The van der Waals surface area contributed by atoms with Gasteiger partial charge in [-0.15, -0.1) is 0 Å². The third-order valence-electron chi connectivity index (χ3n) is 3.78. The Balaban J connectivity index is 1.61. The number of nitrogens with zero attached hydrogens (tertiary/aromatic N) is 1. The van der Waals surface area contributed by atoms with E-state index >= 15 is 0 Å². The fraction of sp³-hybridized carbons (Fsp3) is 0.143. The van der Waals surface area contributed by atoms with E-state index in [-0.39, 0.29) is 17.4 Å². The maximum absolute atomic E-state index is 13.0. The summed E-state index contributed by atoms with van der Waals surface area (Å²) in [6, 6.07) is 16.7. The summed E-state index contributed by atoms with van der Waals surface area (Å²) >= 11 is 0. The van der Waals surface area contributed by atoms with Crippen LogP contribution in [0.1, 0.15) is 10.5 Å². The number of amides is 1. The van der Waals surface area contributed by atoms with E-state index in [0.717, 1.165) is 11.4 Å². The highest BCUT2D eigenvalue weighted by Gasteiger charge is 2.08. The molecule has 0 aliphatic rings. The molecule has 144 valence electrons. The number of hydrogen-bond donors (Lipinski definition) is 2. The summed E-state index contributed by atoms with van der Waals surface area (Å²) < 4.78 is 23.7. The van der Waals surface area contributed by atoms with Gasteiger partial charge in [0.15, 0.2) is 0 Å². The quantitative estimate of drug-likeness (QED) is 0.574. The number of nitrogens with one attached hydrogen (secondary N) is 2. The standard InChI is InChI=1S/C21H20FN3O3/c1-27-13-12-24-21(26)20-14-19(10-11-23-20)28-18-8-6-17(7-9-18)25-16-4-2-15(22)3-5-16/h2-11,14,25H,12-13H2,1H3,(H,24,26). The van der Waals surface area contributed by atoms with Gasteiger partial charge in [-0.25, -0.2) is 4.39 Å². The lowest BCUT2D eigenvalue weighted by atomic mass is 10.2. The number of hydrogen-bond acceptors (Lipinski definition) is 5. The van der Waals surface area contributed by atoms with E-state index in [1.165, 1.54) is 18.3 Å². The van der Waals surface area contributed by atoms with Crippen molar-refractivity contribution >= 4 is 17.3 Å². The Morgan fingerprint density at radius 3 is 2.36 bits per heavy atom.